The Hall–Kier alpha value is -1.67. The summed E-state index contributed by atoms with van der Waals surface area (Å²) < 4.78 is 4.04. The van der Waals surface area contributed by atoms with Crippen molar-refractivity contribution in [1.29, 1.82) is 0 Å². The molecule has 0 atom stereocenters. The predicted octanol–water partition coefficient (Wildman–Crippen LogP) is 2.93. The smallest absolute Gasteiger partial charge is 0.176 e. The number of fused-ring (bicyclic) bond motifs is 1. The van der Waals surface area contributed by atoms with Gasteiger partial charge in [0.15, 0.2) is 15.8 Å². The standard InChI is InChI=1S/C15H18N6S2/c1-20-8-11(7-18-20)10-3-5-21(6-4-10)14-12-13(16-9-17-14)19-15(22-2)23-12/h7-10H,3-6H2,1-2H3. The number of piperidine rings is 1. The number of hydrogen-bond acceptors (Lipinski definition) is 7. The van der Waals surface area contributed by atoms with Gasteiger partial charge >= 0.3 is 0 Å². The van der Waals surface area contributed by atoms with Gasteiger partial charge in [0.25, 0.3) is 0 Å². The molecule has 6 nitrogen and oxygen atoms in total. The van der Waals surface area contributed by atoms with E-state index in [0.717, 1.165) is 46.4 Å². The van der Waals surface area contributed by atoms with Gasteiger partial charge in [0.2, 0.25) is 0 Å². The Morgan fingerprint density at radius 3 is 2.78 bits per heavy atom. The molecule has 0 radical (unpaired) electrons. The molecular formula is C15H18N6S2. The molecule has 3 aromatic heterocycles. The zero-order chi connectivity index (χ0) is 15.8. The van der Waals surface area contributed by atoms with Crippen LogP contribution in [0.25, 0.3) is 10.3 Å². The van der Waals surface area contributed by atoms with Crippen LogP contribution in [0.15, 0.2) is 23.1 Å². The summed E-state index contributed by atoms with van der Waals surface area (Å²) in [7, 11) is 1.98. The normalized spacial score (nSPS) is 16.3. The van der Waals surface area contributed by atoms with E-state index in [2.05, 4.69) is 31.1 Å². The lowest BCUT2D eigenvalue weighted by molar-refractivity contribution is 0.503. The number of aromatic nitrogens is 5. The SMILES string of the molecule is CSc1nc2ncnc(N3CCC(c4cnn(C)c4)CC3)c2s1. The zero-order valence-electron chi connectivity index (χ0n) is 13.1. The van der Waals surface area contributed by atoms with Crippen molar-refractivity contribution in [3.63, 3.8) is 0 Å². The van der Waals surface area contributed by atoms with E-state index in [-0.39, 0.29) is 0 Å². The molecular weight excluding hydrogens is 328 g/mol. The number of anilines is 1. The number of hydrogen-bond donors (Lipinski definition) is 0. The highest BCUT2D eigenvalue weighted by atomic mass is 32.2. The van der Waals surface area contributed by atoms with E-state index in [1.54, 1.807) is 29.4 Å². The summed E-state index contributed by atoms with van der Waals surface area (Å²) in [5.41, 5.74) is 2.17. The maximum absolute atomic E-state index is 4.54. The van der Waals surface area contributed by atoms with E-state index in [4.69, 9.17) is 0 Å². The lowest BCUT2D eigenvalue weighted by Gasteiger charge is -2.32. The van der Waals surface area contributed by atoms with Crippen LogP contribution in [-0.2, 0) is 7.05 Å². The summed E-state index contributed by atoms with van der Waals surface area (Å²) in [6, 6.07) is 0. The first kappa shape index (κ1) is 14.9. The largest absolute Gasteiger partial charge is 0.355 e. The topological polar surface area (TPSA) is 59.7 Å². The number of aryl methyl sites for hydroxylation is 1. The van der Waals surface area contributed by atoms with Gasteiger partial charge in [-0.25, -0.2) is 15.0 Å². The minimum Gasteiger partial charge on any atom is -0.355 e. The van der Waals surface area contributed by atoms with Crippen LogP contribution in [0.2, 0.25) is 0 Å². The van der Waals surface area contributed by atoms with Gasteiger partial charge in [-0.15, -0.1) is 11.3 Å². The van der Waals surface area contributed by atoms with E-state index in [1.165, 1.54) is 5.56 Å². The van der Waals surface area contributed by atoms with Gasteiger partial charge < -0.3 is 4.90 Å². The lowest BCUT2D eigenvalue weighted by atomic mass is 9.91. The highest BCUT2D eigenvalue weighted by Gasteiger charge is 2.24. The van der Waals surface area contributed by atoms with E-state index < -0.39 is 0 Å². The molecule has 1 fully saturated rings. The Balaban J connectivity index is 1.55. The van der Waals surface area contributed by atoms with Crippen LogP contribution in [-0.4, -0.2) is 44.1 Å². The second-order valence-electron chi connectivity index (χ2n) is 5.74. The Morgan fingerprint density at radius 2 is 2.09 bits per heavy atom. The molecule has 0 aliphatic carbocycles. The third kappa shape index (κ3) is 2.81. The molecule has 0 N–H and O–H groups in total. The maximum Gasteiger partial charge on any atom is 0.176 e. The molecule has 120 valence electrons. The summed E-state index contributed by atoms with van der Waals surface area (Å²) in [6.07, 6.45) is 10.1. The maximum atomic E-state index is 4.54. The Morgan fingerprint density at radius 1 is 1.26 bits per heavy atom. The summed E-state index contributed by atoms with van der Waals surface area (Å²) in [5, 5.41) is 4.30. The van der Waals surface area contributed by atoms with Crippen LogP contribution < -0.4 is 4.90 Å². The fourth-order valence-electron chi connectivity index (χ4n) is 3.11. The first-order valence-electron chi connectivity index (χ1n) is 7.63. The van der Waals surface area contributed by atoms with Crippen LogP contribution in [0, 0.1) is 0 Å². The quantitative estimate of drug-likeness (QED) is 0.680. The number of rotatable bonds is 3. The predicted molar refractivity (Wildman–Crippen MR) is 94.4 cm³/mol. The van der Waals surface area contributed by atoms with Crippen LogP contribution >= 0.6 is 23.1 Å². The fourth-order valence-corrected chi connectivity index (χ4v) is 4.64. The molecule has 1 aliphatic heterocycles. The number of thioether (sulfide) groups is 1. The third-order valence-corrected chi connectivity index (χ3v) is 6.34. The molecule has 0 bridgehead atoms. The zero-order valence-corrected chi connectivity index (χ0v) is 14.8. The fraction of sp³-hybridized carbons (Fsp3) is 0.467. The van der Waals surface area contributed by atoms with Crippen molar-refractivity contribution in [3.05, 3.63) is 24.3 Å². The highest BCUT2D eigenvalue weighted by molar-refractivity contribution is 8.00. The first-order chi connectivity index (χ1) is 11.2. The minimum atomic E-state index is 0.598. The summed E-state index contributed by atoms with van der Waals surface area (Å²) >= 11 is 3.35. The van der Waals surface area contributed by atoms with Crippen molar-refractivity contribution in [2.24, 2.45) is 7.05 Å². The van der Waals surface area contributed by atoms with Crippen molar-refractivity contribution in [2.75, 3.05) is 24.2 Å². The molecule has 4 rings (SSSR count). The molecule has 0 aromatic carbocycles. The second-order valence-corrected chi connectivity index (χ2v) is 7.79. The average molecular weight is 346 g/mol. The third-order valence-electron chi connectivity index (χ3n) is 4.32. The van der Waals surface area contributed by atoms with Crippen molar-refractivity contribution in [1.82, 2.24) is 24.7 Å². The monoisotopic (exact) mass is 346 g/mol. The van der Waals surface area contributed by atoms with Crippen LogP contribution in [0.1, 0.15) is 24.3 Å². The second kappa shape index (κ2) is 6.09. The lowest BCUT2D eigenvalue weighted by Crippen LogP contribution is -2.33. The molecule has 0 spiro atoms. The van der Waals surface area contributed by atoms with E-state index in [1.807, 2.05) is 24.2 Å². The molecule has 0 saturated carbocycles. The van der Waals surface area contributed by atoms with Crippen LogP contribution in [0.4, 0.5) is 5.82 Å². The van der Waals surface area contributed by atoms with Gasteiger partial charge in [-0.05, 0) is 30.6 Å². The summed E-state index contributed by atoms with van der Waals surface area (Å²) in [4.78, 5) is 15.8. The molecule has 3 aromatic rings. The van der Waals surface area contributed by atoms with Crippen LogP contribution in [0.5, 0.6) is 0 Å². The van der Waals surface area contributed by atoms with Gasteiger partial charge in [0, 0.05) is 26.3 Å². The Bertz CT molecular complexity index is 818. The van der Waals surface area contributed by atoms with Crippen LogP contribution in [0.3, 0.4) is 0 Å². The van der Waals surface area contributed by atoms with Gasteiger partial charge in [-0.1, -0.05) is 11.8 Å². The van der Waals surface area contributed by atoms with Crippen molar-refractivity contribution in [2.45, 2.75) is 23.1 Å². The van der Waals surface area contributed by atoms with Gasteiger partial charge in [-0.3, -0.25) is 4.68 Å². The summed E-state index contributed by atoms with van der Waals surface area (Å²) in [6.45, 7) is 2.02. The average Bonchev–Trinajstić information content (AvgIpc) is 3.20. The van der Waals surface area contributed by atoms with Crippen molar-refractivity contribution in [3.8, 4) is 0 Å². The number of thiazole rings is 1. The van der Waals surface area contributed by atoms with Gasteiger partial charge in [0.05, 0.1) is 6.20 Å². The minimum absolute atomic E-state index is 0.598. The van der Waals surface area contributed by atoms with Gasteiger partial charge in [-0.2, -0.15) is 5.10 Å². The van der Waals surface area contributed by atoms with Gasteiger partial charge in [0.1, 0.15) is 11.0 Å². The Kier molecular flexibility index (Phi) is 3.94. The molecule has 0 unspecified atom stereocenters. The number of nitrogens with zero attached hydrogens (tertiary/aromatic N) is 6. The van der Waals surface area contributed by atoms with Crippen molar-refractivity contribution >= 4 is 39.3 Å². The molecule has 8 heteroatoms. The molecule has 0 amide bonds. The van der Waals surface area contributed by atoms with E-state index >= 15 is 0 Å². The highest BCUT2D eigenvalue weighted by Crippen LogP contribution is 2.35. The van der Waals surface area contributed by atoms with Crippen molar-refractivity contribution < 1.29 is 0 Å². The van der Waals surface area contributed by atoms with E-state index in [0.29, 0.717) is 5.92 Å². The molecule has 1 saturated heterocycles. The van der Waals surface area contributed by atoms with E-state index in [9.17, 15) is 0 Å². The Labute approximate surface area is 143 Å². The molecule has 4 heterocycles. The molecule has 1 aliphatic rings. The summed E-state index contributed by atoms with van der Waals surface area (Å²) in [5.74, 6) is 1.64. The first-order valence-corrected chi connectivity index (χ1v) is 9.67. The molecule has 23 heavy (non-hydrogen) atoms.